The molecule has 0 saturated carbocycles. The van der Waals surface area contributed by atoms with Crippen molar-refractivity contribution in [1.29, 1.82) is 0 Å². The minimum absolute atomic E-state index is 0.0111. The van der Waals surface area contributed by atoms with Gasteiger partial charge < -0.3 is 5.32 Å². The fourth-order valence-electron chi connectivity index (χ4n) is 1.47. The van der Waals surface area contributed by atoms with Gasteiger partial charge in [-0.1, -0.05) is 13.8 Å². The summed E-state index contributed by atoms with van der Waals surface area (Å²) in [5.74, 6) is 0.353. The highest BCUT2D eigenvalue weighted by Gasteiger charge is 2.07. The van der Waals surface area contributed by atoms with Gasteiger partial charge in [-0.05, 0) is 36.6 Å². The Labute approximate surface area is 95.9 Å². The Kier molecular flexibility index (Phi) is 4.23. The van der Waals surface area contributed by atoms with Crippen molar-refractivity contribution in [2.24, 2.45) is 5.92 Å². The van der Waals surface area contributed by atoms with Crippen LogP contribution in [0.4, 0.5) is 5.69 Å². The molecule has 0 atom stereocenters. The van der Waals surface area contributed by atoms with Crippen molar-refractivity contribution in [1.82, 2.24) is 0 Å². The summed E-state index contributed by atoms with van der Waals surface area (Å²) < 4.78 is 0. The lowest BCUT2D eigenvalue weighted by Gasteiger charge is -2.09. The van der Waals surface area contributed by atoms with Crippen LogP contribution < -0.4 is 5.32 Å². The van der Waals surface area contributed by atoms with Crippen molar-refractivity contribution in [2.75, 3.05) is 5.32 Å². The van der Waals surface area contributed by atoms with Gasteiger partial charge in [0.15, 0.2) is 0 Å². The van der Waals surface area contributed by atoms with Gasteiger partial charge in [0, 0.05) is 17.7 Å². The van der Waals surface area contributed by atoms with Gasteiger partial charge >= 0.3 is 0 Å². The standard InChI is InChI=1S/C13H17NO2/c1-9(2)6-13(16)14-12-5-4-11(8-15)7-10(12)3/h4-5,7-9H,6H2,1-3H3,(H,14,16). The SMILES string of the molecule is Cc1cc(C=O)ccc1NC(=O)CC(C)C. The van der Waals surface area contributed by atoms with Crippen molar-refractivity contribution in [3.63, 3.8) is 0 Å². The van der Waals surface area contributed by atoms with Crippen LogP contribution in [0.1, 0.15) is 36.2 Å². The topological polar surface area (TPSA) is 46.2 Å². The van der Waals surface area contributed by atoms with E-state index in [4.69, 9.17) is 0 Å². The van der Waals surface area contributed by atoms with Crippen LogP contribution in [0.2, 0.25) is 0 Å². The van der Waals surface area contributed by atoms with Gasteiger partial charge in [0.25, 0.3) is 0 Å². The third-order valence-electron chi connectivity index (χ3n) is 2.25. The number of carbonyl (C=O) groups excluding carboxylic acids is 2. The first-order valence-corrected chi connectivity index (χ1v) is 5.38. The molecule has 1 rings (SSSR count). The maximum Gasteiger partial charge on any atom is 0.224 e. The summed E-state index contributed by atoms with van der Waals surface area (Å²) in [6.07, 6.45) is 1.31. The highest BCUT2D eigenvalue weighted by atomic mass is 16.1. The zero-order valence-corrected chi connectivity index (χ0v) is 9.91. The molecule has 0 unspecified atom stereocenters. The van der Waals surface area contributed by atoms with Gasteiger partial charge in [0.1, 0.15) is 6.29 Å². The minimum atomic E-state index is 0.0111. The Morgan fingerprint density at radius 1 is 1.44 bits per heavy atom. The molecule has 0 aliphatic carbocycles. The van der Waals surface area contributed by atoms with Crippen molar-refractivity contribution in [2.45, 2.75) is 27.2 Å². The predicted molar refractivity (Wildman–Crippen MR) is 64.7 cm³/mol. The Morgan fingerprint density at radius 2 is 2.12 bits per heavy atom. The third kappa shape index (κ3) is 3.50. The predicted octanol–water partition coefficient (Wildman–Crippen LogP) is 2.79. The summed E-state index contributed by atoms with van der Waals surface area (Å²) in [5.41, 5.74) is 2.30. The molecule has 1 N–H and O–H groups in total. The number of hydrogen-bond donors (Lipinski definition) is 1. The number of benzene rings is 1. The average molecular weight is 219 g/mol. The molecule has 1 aromatic carbocycles. The molecule has 86 valence electrons. The lowest BCUT2D eigenvalue weighted by Crippen LogP contribution is -2.14. The molecule has 0 aromatic heterocycles. The summed E-state index contributed by atoms with van der Waals surface area (Å²) in [7, 11) is 0. The molecule has 0 fully saturated rings. The van der Waals surface area contributed by atoms with Gasteiger partial charge in [0.05, 0.1) is 0 Å². The zero-order chi connectivity index (χ0) is 12.1. The van der Waals surface area contributed by atoms with Crippen molar-refractivity contribution in [3.05, 3.63) is 29.3 Å². The number of aldehydes is 1. The normalized spacial score (nSPS) is 10.2. The van der Waals surface area contributed by atoms with Crippen LogP contribution in [0.3, 0.4) is 0 Å². The molecule has 3 nitrogen and oxygen atoms in total. The molecule has 0 spiro atoms. The first-order valence-electron chi connectivity index (χ1n) is 5.38. The number of carbonyl (C=O) groups is 2. The molecule has 16 heavy (non-hydrogen) atoms. The van der Waals surface area contributed by atoms with Crippen LogP contribution in [-0.2, 0) is 4.79 Å². The second kappa shape index (κ2) is 5.45. The summed E-state index contributed by atoms with van der Waals surface area (Å²) >= 11 is 0. The first kappa shape index (κ1) is 12.4. The number of rotatable bonds is 4. The quantitative estimate of drug-likeness (QED) is 0.791. The van der Waals surface area contributed by atoms with Crippen LogP contribution in [0.25, 0.3) is 0 Å². The molecule has 1 aromatic rings. The van der Waals surface area contributed by atoms with E-state index in [2.05, 4.69) is 5.32 Å². The Bertz CT molecular complexity index is 397. The summed E-state index contributed by atoms with van der Waals surface area (Å²) in [5, 5.41) is 2.84. The molecule has 0 aliphatic heterocycles. The number of amides is 1. The smallest absolute Gasteiger partial charge is 0.224 e. The van der Waals surface area contributed by atoms with E-state index in [1.807, 2.05) is 20.8 Å². The molecule has 0 saturated heterocycles. The molecule has 1 amide bonds. The molecule has 0 heterocycles. The number of aryl methyl sites for hydroxylation is 1. The van der Waals surface area contributed by atoms with Crippen LogP contribution in [0, 0.1) is 12.8 Å². The van der Waals surface area contributed by atoms with Crippen LogP contribution in [-0.4, -0.2) is 12.2 Å². The Morgan fingerprint density at radius 3 is 2.62 bits per heavy atom. The van der Waals surface area contributed by atoms with E-state index in [-0.39, 0.29) is 5.91 Å². The monoisotopic (exact) mass is 219 g/mol. The molecule has 0 aliphatic rings. The van der Waals surface area contributed by atoms with E-state index < -0.39 is 0 Å². The Hall–Kier alpha value is -1.64. The summed E-state index contributed by atoms with van der Waals surface area (Å²) in [6.45, 7) is 5.88. The molecule has 0 radical (unpaired) electrons. The van der Waals surface area contributed by atoms with E-state index in [0.29, 0.717) is 17.9 Å². The third-order valence-corrected chi connectivity index (χ3v) is 2.25. The van der Waals surface area contributed by atoms with Crippen molar-refractivity contribution in [3.8, 4) is 0 Å². The number of anilines is 1. The second-order valence-electron chi connectivity index (χ2n) is 4.34. The lowest BCUT2D eigenvalue weighted by molar-refractivity contribution is -0.116. The van der Waals surface area contributed by atoms with Crippen molar-refractivity contribution < 1.29 is 9.59 Å². The summed E-state index contributed by atoms with van der Waals surface area (Å²) in [4.78, 5) is 22.1. The van der Waals surface area contributed by atoms with E-state index in [1.54, 1.807) is 18.2 Å². The second-order valence-corrected chi connectivity index (χ2v) is 4.34. The van der Waals surface area contributed by atoms with E-state index >= 15 is 0 Å². The molecule has 3 heteroatoms. The van der Waals surface area contributed by atoms with Gasteiger partial charge in [0.2, 0.25) is 5.91 Å². The van der Waals surface area contributed by atoms with Crippen LogP contribution >= 0.6 is 0 Å². The van der Waals surface area contributed by atoms with E-state index in [0.717, 1.165) is 17.5 Å². The zero-order valence-electron chi connectivity index (χ0n) is 9.91. The molecule has 0 bridgehead atoms. The van der Waals surface area contributed by atoms with Gasteiger partial charge in [-0.25, -0.2) is 0 Å². The number of nitrogens with one attached hydrogen (secondary N) is 1. The number of hydrogen-bond acceptors (Lipinski definition) is 2. The maximum atomic E-state index is 11.5. The maximum absolute atomic E-state index is 11.5. The largest absolute Gasteiger partial charge is 0.326 e. The fourth-order valence-corrected chi connectivity index (χ4v) is 1.47. The van der Waals surface area contributed by atoms with Gasteiger partial charge in [-0.3, -0.25) is 9.59 Å². The molecular weight excluding hydrogens is 202 g/mol. The highest BCUT2D eigenvalue weighted by Crippen LogP contribution is 2.16. The minimum Gasteiger partial charge on any atom is -0.326 e. The van der Waals surface area contributed by atoms with Gasteiger partial charge in [-0.2, -0.15) is 0 Å². The van der Waals surface area contributed by atoms with Crippen LogP contribution in [0.5, 0.6) is 0 Å². The molecular formula is C13H17NO2. The first-order chi connectivity index (χ1) is 7.52. The van der Waals surface area contributed by atoms with E-state index in [1.165, 1.54) is 0 Å². The lowest BCUT2D eigenvalue weighted by atomic mass is 10.1. The van der Waals surface area contributed by atoms with Crippen LogP contribution in [0.15, 0.2) is 18.2 Å². The summed E-state index contributed by atoms with van der Waals surface area (Å²) in [6, 6.07) is 5.22. The van der Waals surface area contributed by atoms with Crippen molar-refractivity contribution >= 4 is 17.9 Å². The Balaban J connectivity index is 2.74. The van der Waals surface area contributed by atoms with E-state index in [9.17, 15) is 9.59 Å². The highest BCUT2D eigenvalue weighted by molar-refractivity contribution is 5.92. The fraction of sp³-hybridized carbons (Fsp3) is 0.385. The average Bonchev–Trinajstić information content (AvgIpc) is 2.19. The van der Waals surface area contributed by atoms with Gasteiger partial charge in [-0.15, -0.1) is 0 Å².